The Morgan fingerprint density at radius 3 is 2.50 bits per heavy atom. The summed E-state index contributed by atoms with van der Waals surface area (Å²) in [5.41, 5.74) is 9.16. The van der Waals surface area contributed by atoms with E-state index in [1.54, 1.807) is 0 Å². The topological polar surface area (TPSA) is 29.3 Å². The first-order chi connectivity index (χ1) is 8.66. The number of rotatable bonds is 4. The molecule has 2 atom stereocenters. The minimum Gasteiger partial charge on any atom is -0.324 e. The van der Waals surface area contributed by atoms with Gasteiger partial charge in [0.15, 0.2) is 0 Å². The van der Waals surface area contributed by atoms with E-state index in [2.05, 4.69) is 43.0 Å². The van der Waals surface area contributed by atoms with Gasteiger partial charge in [0.1, 0.15) is 0 Å². The second-order valence-corrected chi connectivity index (χ2v) is 6.31. The first-order valence-corrected chi connectivity index (χ1v) is 7.27. The molecule has 98 valence electrons. The van der Waals surface area contributed by atoms with Gasteiger partial charge >= 0.3 is 0 Å². The smallest absolute Gasteiger partial charge is 0.0372 e. The van der Waals surface area contributed by atoms with Crippen LogP contribution in [0.1, 0.15) is 56.3 Å². The summed E-state index contributed by atoms with van der Waals surface area (Å²) in [4.78, 5) is 2.72. The van der Waals surface area contributed by atoms with Crippen LogP contribution in [0.2, 0.25) is 0 Å². The van der Waals surface area contributed by atoms with E-state index in [1.165, 1.54) is 30.5 Å². The summed E-state index contributed by atoms with van der Waals surface area (Å²) in [6, 6.07) is 10.4. The molecule has 2 nitrogen and oxygen atoms in total. The Morgan fingerprint density at radius 1 is 1.22 bits per heavy atom. The van der Waals surface area contributed by atoms with E-state index < -0.39 is 0 Å². The number of nitrogens with two attached hydrogens (primary N) is 1. The number of hydrogen-bond acceptors (Lipinski definition) is 2. The van der Waals surface area contributed by atoms with Gasteiger partial charge < -0.3 is 5.73 Å². The molecule has 2 aliphatic carbocycles. The molecule has 0 heterocycles. The van der Waals surface area contributed by atoms with E-state index in [4.69, 9.17) is 5.73 Å². The van der Waals surface area contributed by atoms with Crippen LogP contribution in [-0.4, -0.2) is 17.5 Å². The molecule has 0 amide bonds. The molecule has 1 saturated carbocycles. The van der Waals surface area contributed by atoms with Crippen molar-refractivity contribution < 1.29 is 0 Å². The fourth-order valence-electron chi connectivity index (χ4n) is 3.32. The molecule has 0 aromatic heterocycles. The van der Waals surface area contributed by atoms with Crippen LogP contribution in [0.3, 0.4) is 0 Å². The van der Waals surface area contributed by atoms with Crippen molar-refractivity contribution >= 4 is 0 Å². The van der Waals surface area contributed by atoms with Gasteiger partial charge in [-0.2, -0.15) is 0 Å². The van der Waals surface area contributed by atoms with Gasteiger partial charge in [0.25, 0.3) is 0 Å². The van der Waals surface area contributed by atoms with Crippen molar-refractivity contribution in [3.05, 3.63) is 35.4 Å². The third kappa shape index (κ3) is 2.19. The third-order valence-corrected chi connectivity index (χ3v) is 4.22. The highest BCUT2D eigenvalue weighted by Gasteiger charge is 2.39. The van der Waals surface area contributed by atoms with Crippen LogP contribution in [0.5, 0.6) is 0 Å². The Balaban J connectivity index is 1.87. The van der Waals surface area contributed by atoms with Crippen molar-refractivity contribution in [3.63, 3.8) is 0 Å². The van der Waals surface area contributed by atoms with Gasteiger partial charge in [0.2, 0.25) is 0 Å². The molecule has 0 bridgehead atoms. The maximum atomic E-state index is 6.30. The molecule has 3 rings (SSSR count). The first-order valence-electron chi connectivity index (χ1n) is 7.27. The van der Waals surface area contributed by atoms with E-state index in [-0.39, 0.29) is 6.04 Å². The average molecular weight is 244 g/mol. The van der Waals surface area contributed by atoms with Crippen LogP contribution in [0, 0.1) is 5.92 Å². The number of hydrogen-bond donors (Lipinski definition) is 1. The Morgan fingerprint density at radius 2 is 1.89 bits per heavy atom. The van der Waals surface area contributed by atoms with E-state index in [0.29, 0.717) is 6.04 Å². The average Bonchev–Trinajstić information content (AvgIpc) is 3.12. The molecule has 0 spiro atoms. The predicted molar refractivity (Wildman–Crippen MR) is 75.3 cm³/mol. The van der Waals surface area contributed by atoms with E-state index in [0.717, 1.165) is 18.4 Å². The lowest BCUT2D eigenvalue weighted by Gasteiger charge is -2.31. The largest absolute Gasteiger partial charge is 0.324 e. The summed E-state index contributed by atoms with van der Waals surface area (Å²) in [5, 5.41) is 0. The normalized spacial score (nSPS) is 26.9. The lowest BCUT2D eigenvalue weighted by molar-refractivity contribution is 0.161. The van der Waals surface area contributed by atoms with Gasteiger partial charge in [-0.1, -0.05) is 38.1 Å². The van der Waals surface area contributed by atoms with E-state index in [9.17, 15) is 0 Å². The Bertz CT molecular complexity index is 423. The molecule has 2 aliphatic rings. The molecular weight excluding hydrogens is 220 g/mol. The van der Waals surface area contributed by atoms with Crippen molar-refractivity contribution in [3.8, 4) is 0 Å². The monoisotopic (exact) mass is 244 g/mol. The summed E-state index contributed by atoms with van der Waals surface area (Å²) in [7, 11) is 0. The standard InChI is InChI=1S/C16H24N2/c1-11(2)10-18(12-7-8-12)16-9-15(17)13-5-3-4-6-14(13)16/h3-6,11-12,15-16H,7-10,17H2,1-2H3. The van der Waals surface area contributed by atoms with Gasteiger partial charge in [-0.15, -0.1) is 0 Å². The third-order valence-electron chi connectivity index (χ3n) is 4.22. The highest BCUT2D eigenvalue weighted by Crippen LogP contribution is 2.45. The molecule has 2 heteroatoms. The van der Waals surface area contributed by atoms with Crippen LogP contribution in [0.25, 0.3) is 0 Å². The fraction of sp³-hybridized carbons (Fsp3) is 0.625. The fourth-order valence-corrected chi connectivity index (χ4v) is 3.32. The predicted octanol–water partition coefficient (Wildman–Crippen LogP) is 3.25. The van der Waals surface area contributed by atoms with Gasteiger partial charge in [0.05, 0.1) is 0 Å². The maximum Gasteiger partial charge on any atom is 0.0372 e. The molecule has 0 aliphatic heterocycles. The van der Waals surface area contributed by atoms with Crippen molar-refractivity contribution in [1.82, 2.24) is 4.90 Å². The molecule has 2 N–H and O–H groups in total. The lowest BCUT2D eigenvalue weighted by atomic mass is 10.1. The maximum absolute atomic E-state index is 6.30. The number of benzene rings is 1. The molecule has 0 radical (unpaired) electrons. The Labute approximate surface area is 110 Å². The summed E-state index contributed by atoms with van der Waals surface area (Å²) in [6.45, 7) is 5.84. The van der Waals surface area contributed by atoms with E-state index in [1.807, 2.05) is 0 Å². The minimum atomic E-state index is 0.236. The quantitative estimate of drug-likeness (QED) is 0.881. The van der Waals surface area contributed by atoms with Gasteiger partial charge in [-0.3, -0.25) is 4.90 Å². The SMILES string of the molecule is CC(C)CN(C1CC1)C1CC(N)c2ccccc21. The zero-order chi connectivity index (χ0) is 12.7. The molecule has 2 unspecified atom stereocenters. The van der Waals surface area contributed by atoms with Crippen molar-refractivity contribution in [1.29, 1.82) is 0 Å². The highest BCUT2D eigenvalue weighted by molar-refractivity contribution is 5.37. The van der Waals surface area contributed by atoms with Crippen LogP contribution in [-0.2, 0) is 0 Å². The summed E-state index contributed by atoms with van der Waals surface area (Å²) < 4.78 is 0. The minimum absolute atomic E-state index is 0.236. The Kier molecular flexibility index (Phi) is 3.16. The molecule has 0 saturated heterocycles. The summed E-state index contributed by atoms with van der Waals surface area (Å²) in [5.74, 6) is 0.731. The molecular formula is C16H24N2. The molecule has 1 aromatic rings. The number of fused-ring (bicyclic) bond motifs is 1. The van der Waals surface area contributed by atoms with Crippen molar-refractivity contribution in [2.45, 2.75) is 51.2 Å². The lowest BCUT2D eigenvalue weighted by Crippen LogP contribution is -2.33. The number of nitrogens with zero attached hydrogens (tertiary/aromatic N) is 1. The highest BCUT2D eigenvalue weighted by atomic mass is 15.2. The van der Waals surface area contributed by atoms with Crippen molar-refractivity contribution in [2.24, 2.45) is 11.7 Å². The Hall–Kier alpha value is -0.860. The zero-order valence-electron chi connectivity index (χ0n) is 11.5. The second-order valence-electron chi connectivity index (χ2n) is 6.31. The second kappa shape index (κ2) is 4.67. The van der Waals surface area contributed by atoms with Gasteiger partial charge in [0, 0.05) is 24.7 Å². The molecule has 1 aromatic carbocycles. The summed E-state index contributed by atoms with van der Waals surface area (Å²) in [6.07, 6.45) is 3.85. The van der Waals surface area contributed by atoms with Gasteiger partial charge in [-0.05, 0) is 36.3 Å². The van der Waals surface area contributed by atoms with Crippen LogP contribution < -0.4 is 5.73 Å². The molecule has 1 fully saturated rings. The van der Waals surface area contributed by atoms with Crippen LogP contribution in [0.4, 0.5) is 0 Å². The first kappa shape index (κ1) is 12.2. The van der Waals surface area contributed by atoms with Crippen LogP contribution >= 0.6 is 0 Å². The summed E-state index contributed by atoms with van der Waals surface area (Å²) >= 11 is 0. The van der Waals surface area contributed by atoms with Crippen molar-refractivity contribution in [2.75, 3.05) is 6.54 Å². The zero-order valence-corrected chi connectivity index (χ0v) is 11.5. The van der Waals surface area contributed by atoms with E-state index >= 15 is 0 Å². The van der Waals surface area contributed by atoms with Gasteiger partial charge in [-0.25, -0.2) is 0 Å². The molecule has 18 heavy (non-hydrogen) atoms. The van der Waals surface area contributed by atoms with Crippen LogP contribution in [0.15, 0.2) is 24.3 Å².